The fourth-order valence-corrected chi connectivity index (χ4v) is 4.88. The molecule has 9 nitrogen and oxygen atoms in total. The average molecular weight is 483 g/mol. The van der Waals surface area contributed by atoms with Crippen LogP contribution in [-0.2, 0) is 20.9 Å². The van der Waals surface area contributed by atoms with Gasteiger partial charge in [0.25, 0.3) is 11.7 Å². The number of para-hydroxylation sites is 1. The Balaban J connectivity index is 1.53. The van der Waals surface area contributed by atoms with E-state index in [2.05, 4.69) is 10.3 Å². The zero-order valence-electron chi connectivity index (χ0n) is 19.1. The first-order chi connectivity index (χ1) is 16.4. The van der Waals surface area contributed by atoms with Crippen molar-refractivity contribution in [2.24, 2.45) is 0 Å². The molecule has 0 bridgehead atoms. The second kappa shape index (κ2) is 10.2. The van der Waals surface area contributed by atoms with Gasteiger partial charge in [0.15, 0.2) is 10.8 Å². The van der Waals surface area contributed by atoms with Crippen molar-refractivity contribution >= 4 is 50.9 Å². The van der Waals surface area contributed by atoms with Gasteiger partial charge in [0.05, 0.1) is 12.2 Å². The van der Waals surface area contributed by atoms with Crippen molar-refractivity contribution in [3.8, 4) is 0 Å². The maximum absolute atomic E-state index is 13.0. The lowest BCUT2D eigenvalue weighted by atomic mass is 10.1. The van der Waals surface area contributed by atoms with E-state index in [1.165, 1.54) is 11.3 Å². The minimum Gasteiger partial charge on any atom is -0.461 e. The van der Waals surface area contributed by atoms with E-state index in [1.807, 2.05) is 6.07 Å². The highest BCUT2D eigenvalue weighted by Crippen LogP contribution is 2.25. The van der Waals surface area contributed by atoms with E-state index < -0.39 is 17.7 Å². The van der Waals surface area contributed by atoms with Gasteiger partial charge >= 0.3 is 5.97 Å². The summed E-state index contributed by atoms with van der Waals surface area (Å²) in [5.41, 5.74) is 1.14. The van der Waals surface area contributed by atoms with Crippen LogP contribution >= 0.6 is 11.3 Å². The summed E-state index contributed by atoms with van der Waals surface area (Å²) in [5, 5.41) is 3.62. The monoisotopic (exact) mass is 482 g/mol. The van der Waals surface area contributed by atoms with Gasteiger partial charge in [0.2, 0.25) is 5.91 Å². The zero-order valence-corrected chi connectivity index (χ0v) is 19.9. The zero-order chi connectivity index (χ0) is 24.2. The van der Waals surface area contributed by atoms with Gasteiger partial charge in [-0.2, -0.15) is 0 Å². The third kappa shape index (κ3) is 4.86. The lowest BCUT2D eigenvalue weighted by molar-refractivity contribution is -0.127. The number of carbonyl (C=O) groups excluding carboxylic acids is 4. The third-order valence-corrected chi connectivity index (χ3v) is 6.58. The summed E-state index contributed by atoms with van der Waals surface area (Å²) in [6, 6.07) is 7.19. The number of nitrogens with one attached hydrogen (secondary N) is 1. The maximum Gasteiger partial charge on any atom is 0.358 e. The van der Waals surface area contributed by atoms with Crippen molar-refractivity contribution < 1.29 is 23.9 Å². The van der Waals surface area contributed by atoms with E-state index in [1.54, 1.807) is 47.7 Å². The van der Waals surface area contributed by atoms with Crippen LogP contribution in [0.1, 0.15) is 51.9 Å². The first-order valence-electron chi connectivity index (χ1n) is 11.2. The number of benzene rings is 1. The van der Waals surface area contributed by atoms with E-state index in [-0.39, 0.29) is 30.3 Å². The molecule has 0 unspecified atom stereocenters. The van der Waals surface area contributed by atoms with Gasteiger partial charge < -0.3 is 19.5 Å². The Morgan fingerprint density at radius 3 is 2.59 bits per heavy atom. The Morgan fingerprint density at radius 2 is 1.85 bits per heavy atom. The Morgan fingerprint density at radius 1 is 1.12 bits per heavy atom. The molecule has 178 valence electrons. The number of hydrogen-bond donors (Lipinski definition) is 1. The molecular weight excluding hydrogens is 456 g/mol. The fraction of sp³-hybridized carbons (Fsp3) is 0.375. The molecule has 1 fully saturated rings. The molecule has 2 aromatic heterocycles. The standard InChI is InChI=1S/C24H26N4O5S/c1-3-33-23(32)20-15(2)34-24(26-20)25-19(29)14-28-13-17(16-9-5-6-10-18(16)28)21(30)22(31)27-11-7-4-8-12-27/h5-6,9-10,13H,3-4,7-8,11-12,14H2,1-2H3,(H,25,26,29). The van der Waals surface area contributed by atoms with Crippen LogP contribution in [0.4, 0.5) is 5.13 Å². The summed E-state index contributed by atoms with van der Waals surface area (Å²) in [6.07, 6.45) is 4.42. The summed E-state index contributed by atoms with van der Waals surface area (Å²) in [5.74, 6) is -1.97. The number of amides is 2. The van der Waals surface area contributed by atoms with Crippen LogP contribution in [0, 0.1) is 6.92 Å². The smallest absolute Gasteiger partial charge is 0.358 e. The number of likely N-dealkylation sites (tertiary alicyclic amines) is 1. The summed E-state index contributed by atoms with van der Waals surface area (Å²) < 4.78 is 6.63. The number of hydrogen-bond acceptors (Lipinski definition) is 7. The van der Waals surface area contributed by atoms with E-state index in [0.29, 0.717) is 34.0 Å². The van der Waals surface area contributed by atoms with Gasteiger partial charge in [-0.05, 0) is 39.2 Å². The minimum atomic E-state index is -0.563. The number of fused-ring (bicyclic) bond motifs is 1. The second-order valence-electron chi connectivity index (χ2n) is 8.06. The van der Waals surface area contributed by atoms with E-state index in [4.69, 9.17) is 4.74 Å². The SMILES string of the molecule is CCOC(=O)c1nc(NC(=O)Cn2cc(C(=O)C(=O)N3CCCCC3)c3ccccc32)sc1C. The molecule has 1 aromatic carbocycles. The van der Waals surface area contributed by atoms with Gasteiger partial charge in [0, 0.05) is 35.1 Å². The summed E-state index contributed by atoms with van der Waals surface area (Å²) >= 11 is 1.18. The van der Waals surface area contributed by atoms with Gasteiger partial charge in [-0.25, -0.2) is 9.78 Å². The topological polar surface area (TPSA) is 111 Å². The van der Waals surface area contributed by atoms with Crippen molar-refractivity contribution in [3.63, 3.8) is 0 Å². The second-order valence-corrected chi connectivity index (χ2v) is 9.27. The van der Waals surface area contributed by atoms with Crippen molar-refractivity contribution in [2.45, 2.75) is 39.7 Å². The van der Waals surface area contributed by atoms with Crippen LogP contribution in [0.15, 0.2) is 30.5 Å². The Bertz CT molecular complexity index is 1260. The number of anilines is 1. The lowest BCUT2D eigenvalue weighted by Crippen LogP contribution is -2.40. The lowest BCUT2D eigenvalue weighted by Gasteiger charge is -2.25. The number of rotatable bonds is 7. The maximum atomic E-state index is 13.0. The molecule has 4 rings (SSSR count). The van der Waals surface area contributed by atoms with Crippen molar-refractivity contribution in [1.82, 2.24) is 14.5 Å². The summed E-state index contributed by atoms with van der Waals surface area (Å²) in [4.78, 5) is 57.0. The molecule has 1 aliphatic rings. The van der Waals surface area contributed by atoms with Gasteiger partial charge in [0.1, 0.15) is 6.54 Å². The van der Waals surface area contributed by atoms with Crippen LogP contribution in [-0.4, -0.2) is 57.7 Å². The molecule has 1 aliphatic heterocycles. The molecule has 3 heterocycles. The molecule has 34 heavy (non-hydrogen) atoms. The predicted octanol–water partition coefficient (Wildman–Crippen LogP) is 3.42. The molecule has 0 radical (unpaired) electrons. The number of carbonyl (C=O) groups is 4. The Labute approximate surface area is 200 Å². The largest absolute Gasteiger partial charge is 0.461 e. The summed E-state index contributed by atoms with van der Waals surface area (Å²) in [6.45, 7) is 4.77. The number of piperidine rings is 1. The normalized spacial score (nSPS) is 13.6. The Hall–Kier alpha value is -3.53. The molecule has 10 heteroatoms. The highest BCUT2D eigenvalue weighted by atomic mass is 32.1. The van der Waals surface area contributed by atoms with Crippen LogP contribution in [0.3, 0.4) is 0 Å². The number of esters is 1. The van der Waals surface area contributed by atoms with E-state index in [0.717, 1.165) is 19.3 Å². The molecule has 1 N–H and O–H groups in total. The number of aromatic nitrogens is 2. The van der Waals surface area contributed by atoms with Crippen molar-refractivity contribution in [1.29, 1.82) is 0 Å². The molecular formula is C24H26N4O5S. The molecule has 3 aromatic rings. The van der Waals surface area contributed by atoms with Crippen molar-refractivity contribution in [3.05, 3.63) is 46.6 Å². The molecule has 0 atom stereocenters. The van der Waals surface area contributed by atoms with Crippen LogP contribution in [0.5, 0.6) is 0 Å². The highest BCUT2D eigenvalue weighted by molar-refractivity contribution is 7.16. The number of ketones is 1. The number of Topliss-reactive ketones (excluding diaryl/α,β-unsaturated/α-hetero) is 1. The first kappa shape index (κ1) is 23.6. The molecule has 0 saturated carbocycles. The molecule has 0 aliphatic carbocycles. The van der Waals surface area contributed by atoms with Crippen LogP contribution in [0.2, 0.25) is 0 Å². The Kier molecular flexibility index (Phi) is 7.06. The molecule has 2 amide bonds. The van der Waals surface area contributed by atoms with Crippen molar-refractivity contribution in [2.75, 3.05) is 25.0 Å². The minimum absolute atomic E-state index is 0.0843. The van der Waals surface area contributed by atoms with Gasteiger partial charge in [-0.15, -0.1) is 11.3 Å². The van der Waals surface area contributed by atoms with Crippen LogP contribution < -0.4 is 5.32 Å². The molecule has 1 saturated heterocycles. The number of aryl methyl sites for hydroxylation is 1. The van der Waals surface area contributed by atoms with Gasteiger partial charge in [-0.3, -0.25) is 14.4 Å². The quantitative estimate of drug-likeness (QED) is 0.314. The summed E-state index contributed by atoms with van der Waals surface area (Å²) in [7, 11) is 0. The number of nitrogens with zero attached hydrogens (tertiary/aromatic N) is 3. The van der Waals surface area contributed by atoms with Crippen LogP contribution in [0.25, 0.3) is 10.9 Å². The van der Waals surface area contributed by atoms with Gasteiger partial charge in [-0.1, -0.05) is 18.2 Å². The third-order valence-electron chi connectivity index (χ3n) is 5.70. The molecule has 0 spiro atoms. The average Bonchev–Trinajstić information content (AvgIpc) is 3.39. The van der Waals surface area contributed by atoms with E-state index in [9.17, 15) is 19.2 Å². The number of thiazole rings is 1. The fourth-order valence-electron chi connectivity index (χ4n) is 4.07. The predicted molar refractivity (Wildman–Crippen MR) is 128 cm³/mol. The highest BCUT2D eigenvalue weighted by Gasteiger charge is 2.27. The first-order valence-corrected chi connectivity index (χ1v) is 12.1. The van der Waals surface area contributed by atoms with E-state index >= 15 is 0 Å². The number of ether oxygens (including phenoxy) is 1.